The highest BCUT2D eigenvalue weighted by atomic mass is 32.1. The van der Waals surface area contributed by atoms with Gasteiger partial charge in [0.25, 0.3) is 5.89 Å². The van der Waals surface area contributed by atoms with Gasteiger partial charge in [0.2, 0.25) is 5.82 Å². The maximum atomic E-state index is 5.84. The highest BCUT2D eigenvalue weighted by Crippen LogP contribution is 2.38. The Morgan fingerprint density at radius 1 is 0.972 bits per heavy atom. The highest BCUT2D eigenvalue weighted by Gasteiger charge is 2.34. The van der Waals surface area contributed by atoms with E-state index in [1.165, 1.54) is 5.56 Å². The molecule has 36 heavy (non-hydrogen) atoms. The van der Waals surface area contributed by atoms with Gasteiger partial charge in [-0.05, 0) is 56.2 Å². The van der Waals surface area contributed by atoms with Crippen molar-refractivity contribution in [3.05, 3.63) is 107 Å². The van der Waals surface area contributed by atoms with E-state index < -0.39 is 0 Å². The van der Waals surface area contributed by atoms with E-state index in [2.05, 4.69) is 53.5 Å². The molecule has 7 heteroatoms. The van der Waals surface area contributed by atoms with Crippen molar-refractivity contribution < 1.29 is 9.26 Å². The van der Waals surface area contributed by atoms with Crippen LogP contribution in [0.15, 0.2) is 89.1 Å². The second-order valence-corrected chi connectivity index (χ2v) is 9.13. The molecule has 0 saturated carbocycles. The molecule has 0 aliphatic carbocycles. The van der Waals surface area contributed by atoms with Gasteiger partial charge in [0, 0.05) is 17.8 Å². The largest absolute Gasteiger partial charge is 0.494 e. The fourth-order valence-electron chi connectivity index (χ4n) is 4.34. The summed E-state index contributed by atoms with van der Waals surface area (Å²) >= 11 is 5.83. The lowest BCUT2D eigenvalue weighted by molar-refractivity contribution is 0.340. The molecule has 0 bridgehead atoms. The molecular formula is C29H28N4O2S. The molecule has 1 aliphatic rings. The number of nitrogens with zero attached hydrogens (tertiary/aromatic N) is 3. The van der Waals surface area contributed by atoms with E-state index in [1.807, 2.05) is 61.5 Å². The topological polar surface area (TPSA) is 63.4 Å². The van der Waals surface area contributed by atoms with E-state index in [9.17, 15) is 0 Å². The molecule has 6 nitrogen and oxygen atoms in total. The first kappa shape index (κ1) is 23.8. The second-order valence-electron chi connectivity index (χ2n) is 8.74. The van der Waals surface area contributed by atoms with Gasteiger partial charge in [-0.25, -0.2) is 0 Å². The van der Waals surface area contributed by atoms with E-state index in [-0.39, 0.29) is 6.04 Å². The minimum Gasteiger partial charge on any atom is -0.494 e. The monoisotopic (exact) mass is 496 g/mol. The van der Waals surface area contributed by atoms with E-state index >= 15 is 0 Å². The molecule has 1 atom stereocenters. The van der Waals surface area contributed by atoms with Crippen molar-refractivity contribution in [1.82, 2.24) is 20.4 Å². The smallest absolute Gasteiger partial charge is 0.258 e. The first-order valence-electron chi connectivity index (χ1n) is 12.0. The number of rotatable bonds is 7. The molecule has 1 aliphatic heterocycles. The first-order valence-corrected chi connectivity index (χ1v) is 12.4. The molecule has 3 aromatic carbocycles. The number of allylic oxidation sites excluding steroid dienone is 1. The molecule has 4 aromatic rings. The summed E-state index contributed by atoms with van der Waals surface area (Å²) in [6.07, 6.45) is 0. The van der Waals surface area contributed by atoms with Crippen molar-refractivity contribution in [2.24, 2.45) is 0 Å². The van der Waals surface area contributed by atoms with Gasteiger partial charge in [0.1, 0.15) is 5.75 Å². The van der Waals surface area contributed by atoms with E-state index in [1.54, 1.807) is 0 Å². The standard InChI is InChI=1S/C29H28N4O2S/c1-4-34-24-16-12-21(13-17-24)18-33-20(3)25(26(30-29(33)36)22-8-6-5-7-9-22)28-31-27(32-35-28)23-14-10-19(2)11-15-23/h5-17,26H,4,18H2,1-3H3,(H,30,36). The lowest BCUT2D eigenvalue weighted by Crippen LogP contribution is -2.45. The fourth-order valence-corrected chi connectivity index (χ4v) is 4.66. The van der Waals surface area contributed by atoms with Crippen LogP contribution < -0.4 is 10.1 Å². The molecule has 2 heterocycles. The Labute approximate surface area is 216 Å². The van der Waals surface area contributed by atoms with Gasteiger partial charge < -0.3 is 19.5 Å². The normalized spacial score (nSPS) is 15.7. The third-order valence-corrected chi connectivity index (χ3v) is 6.61. The molecule has 1 unspecified atom stereocenters. The lowest BCUT2D eigenvalue weighted by atomic mass is 9.94. The van der Waals surface area contributed by atoms with Crippen LogP contribution in [-0.2, 0) is 6.54 Å². The van der Waals surface area contributed by atoms with Crippen LogP contribution in [0.25, 0.3) is 17.0 Å². The summed E-state index contributed by atoms with van der Waals surface area (Å²) in [4.78, 5) is 6.88. The SMILES string of the molecule is CCOc1ccc(CN2C(=S)NC(c3ccccc3)C(c3nc(-c4ccc(C)cc4)no3)=C2C)cc1. The van der Waals surface area contributed by atoms with Crippen molar-refractivity contribution in [2.75, 3.05) is 6.61 Å². The molecule has 5 rings (SSSR count). The Balaban J connectivity index is 1.54. The van der Waals surface area contributed by atoms with Gasteiger partial charge >= 0.3 is 0 Å². The van der Waals surface area contributed by atoms with Gasteiger partial charge in [-0.15, -0.1) is 0 Å². The summed E-state index contributed by atoms with van der Waals surface area (Å²) in [5.74, 6) is 1.89. The quantitative estimate of drug-likeness (QED) is 0.301. The Hall–Kier alpha value is -3.97. The van der Waals surface area contributed by atoms with Crippen LogP contribution in [0.1, 0.15) is 42.5 Å². The predicted octanol–water partition coefficient (Wildman–Crippen LogP) is 6.31. The third kappa shape index (κ3) is 4.88. The summed E-state index contributed by atoms with van der Waals surface area (Å²) in [7, 11) is 0. The summed E-state index contributed by atoms with van der Waals surface area (Å²) in [5.41, 5.74) is 6.17. The zero-order valence-electron chi connectivity index (χ0n) is 20.6. The first-order chi connectivity index (χ1) is 17.5. The number of nitrogens with one attached hydrogen (secondary N) is 1. The number of hydrogen-bond acceptors (Lipinski definition) is 5. The van der Waals surface area contributed by atoms with E-state index in [4.69, 9.17) is 26.5 Å². The second kappa shape index (κ2) is 10.3. The van der Waals surface area contributed by atoms with Gasteiger partial charge in [-0.1, -0.05) is 77.5 Å². The Bertz CT molecular complexity index is 1380. The minimum absolute atomic E-state index is 0.207. The molecule has 0 fully saturated rings. The van der Waals surface area contributed by atoms with Crippen LogP contribution in [0, 0.1) is 6.92 Å². The average molecular weight is 497 g/mol. The zero-order valence-corrected chi connectivity index (χ0v) is 21.4. The molecule has 182 valence electrons. The van der Waals surface area contributed by atoms with Crippen LogP contribution in [0.3, 0.4) is 0 Å². The minimum atomic E-state index is -0.207. The molecule has 0 amide bonds. The summed E-state index contributed by atoms with van der Waals surface area (Å²) in [6.45, 7) is 7.34. The summed E-state index contributed by atoms with van der Waals surface area (Å²) in [6, 6.07) is 26.2. The summed E-state index contributed by atoms with van der Waals surface area (Å²) < 4.78 is 11.4. The lowest BCUT2D eigenvalue weighted by Gasteiger charge is -2.37. The van der Waals surface area contributed by atoms with Gasteiger partial charge in [-0.2, -0.15) is 4.98 Å². The highest BCUT2D eigenvalue weighted by molar-refractivity contribution is 7.80. The summed E-state index contributed by atoms with van der Waals surface area (Å²) in [5, 5.41) is 8.46. The molecular weight excluding hydrogens is 468 g/mol. The zero-order chi connectivity index (χ0) is 25.1. The van der Waals surface area contributed by atoms with Gasteiger partial charge in [0.05, 0.1) is 18.2 Å². The Morgan fingerprint density at radius 3 is 2.39 bits per heavy atom. The predicted molar refractivity (Wildman–Crippen MR) is 145 cm³/mol. The average Bonchev–Trinajstić information content (AvgIpc) is 3.38. The van der Waals surface area contributed by atoms with Crippen LogP contribution in [0.4, 0.5) is 0 Å². The Kier molecular flexibility index (Phi) is 6.82. The van der Waals surface area contributed by atoms with Crippen molar-refractivity contribution in [3.63, 3.8) is 0 Å². The maximum Gasteiger partial charge on any atom is 0.258 e. The van der Waals surface area contributed by atoms with Gasteiger partial charge in [0.15, 0.2) is 5.11 Å². The number of benzene rings is 3. The molecule has 0 saturated heterocycles. The molecule has 1 aromatic heterocycles. The fraction of sp³-hybridized carbons (Fsp3) is 0.207. The van der Waals surface area contributed by atoms with E-state index in [0.717, 1.165) is 33.7 Å². The number of aryl methyl sites for hydroxylation is 1. The number of hydrogen-bond donors (Lipinski definition) is 1. The molecule has 0 radical (unpaired) electrons. The van der Waals surface area contributed by atoms with E-state index in [0.29, 0.717) is 30.0 Å². The molecule has 0 spiro atoms. The van der Waals surface area contributed by atoms with Crippen LogP contribution in [0.5, 0.6) is 5.75 Å². The maximum absolute atomic E-state index is 5.84. The van der Waals surface area contributed by atoms with Crippen LogP contribution >= 0.6 is 12.2 Å². The van der Waals surface area contributed by atoms with Crippen molar-refractivity contribution in [3.8, 4) is 17.1 Å². The number of thiocarbonyl (C=S) groups is 1. The van der Waals surface area contributed by atoms with Crippen LogP contribution in [0.2, 0.25) is 0 Å². The molecule has 1 N–H and O–H groups in total. The van der Waals surface area contributed by atoms with Crippen molar-refractivity contribution >= 4 is 22.9 Å². The van der Waals surface area contributed by atoms with Crippen LogP contribution in [-0.4, -0.2) is 26.8 Å². The Morgan fingerprint density at radius 2 is 1.69 bits per heavy atom. The van der Waals surface area contributed by atoms with Crippen molar-refractivity contribution in [1.29, 1.82) is 0 Å². The van der Waals surface area contributed by atoms with Gasteiger partial charge in [-0.3, -0.25) is 0 Å². The number of aromatic nitrogens is 2. The third-order valence-electron chi connectivity index (χ3n) is 6.27. The number of ether oxygens (including phenoxy) is 1. The van der Waals surface area contributed by atoms with Crippen molar-refractivity contribution in [2.45, 2.75) is 33.4 Å².